The van der Waals surface area contributed by atoms with Crippen molar-refractivity contribution in [3.05, 3.63) is 16.9 Å². The standard InChI is InChI=1S/C10H14BrN3/c1-10(2)3-4-14(7-10)9-12-5-8(11)6-13-9/h5-6H,3-4,7H2,1-2H3. The minimum Gasteiger partial charge on any atom is -0.340 e. The van der Waals surface area contributed by atoms with E-state index in [9.17, 15) is 0 Å². The van der Waals surface area contributed by atoms with Crippen molar-refractivity contribution < 1.29 is 0 Å². The second kappa shape index (κ2) is 3.50. The minimum absolute atomic E-state index is 0.399. The summed E-state index contributed by atoms with van der Waals surface area (Å²) in [5.74, 6) is 0.846. The number of hydrogen-bond donors (Lipinski definition) is 0. The van der Waals surface area contributed by atoms with Crippen LogP contribution >= 0.6 is 15.9 Å². The van der Waals surface area contributed by atoms with Gasteiger partial charge < -0.3 is 4.90 Å². The molecule has 3 nitrogen and oxygen atoms in total. The molecule has 1 aromatic rings. The van der Waals surface area contributed by atoms with Gasteiger partial charge in [-0.3, -0.25) is 0 Å². The van der Waals surface area contributed by atoms with Gasteiger partial charge in [-0.25, -0.2) is 9.97 Å². The van der Waals surface area contributed by atoms with Crippen molar-refractivity contribution in [1.82, 2.24) is 9.97 Å². The van der Waals surface area contributed by atoms with Crippen molar-refractivity contribution in [2.24, 2.45) is 5.41 Å². The van der Waals surface area contributed by atoms with E-state index in [0.29, 0.717) is 5.41 Å². The maximum absolute atomic E-state index is 4.29. The topological polar surface area (TPSA) is 29.0 Å². The van der Waals surface area contributed by atoms with E-state index in [2.05, 4.69) is 44.6 Å². The molecule has 0 bridgehead atoms. The summed E-state index contributed by atoms with van der Waals surface area (Å²) in [5, 5.41) is 0. The van der Waals surface area contributed by atoms with Crippen molar-refractivity contribution >= 4 is 21.9 Å². The fourth-order valence-electron chi connectivity index (χ4n) is 1.75. The fraction of sp³-hybridized carbons (Fsp3) is 0.600. The molecular formula is C10H14BrN3. The third kappa shape index (κ3) is 2.05. The van der Waals surface area contributed by atoms with E-state index in [1.807, 2.05) is 0 Å². The fourth-order valence-corrected chi connectivity index (χ4v) is 1.96. The zero-order valence-corrected chi connectivity index (χ0v) is 10.1. The number of halogens is 1. The first-order valence-electron chi connectivity index (χ1n) is 4.79. The highest BCUT2D eigenvalue weighted by molar-refractivity contribution is 9.10. The molecule has 1 saturated heterocycles. The van der Waals surface area contributed by atoms with Crippen LogP contribution in [0.3, 0.4) is 0 Å². The molecule has 14 heavy (non-hydrogen) atoms. The van der Waals surface area contributed by atoms with Gasteiger partial charge in [-0.05, 0) is 27.8 Å². The summed E-state index contributed by atoms with van der Waals surface area (Å²) in [6.07, 6.45) is 4.81. The zero-order valence-electron chi connectivity index (χ0n) is 8.50. The Labute approximate surface area is 92.7 Å². The summed E-state index contributed by atoms with van der Waals surface area (Å²) >= 11 is 3.33. The molecule has 0 amide bonds. The molecule has 76 valence electrons. The summed E-state index contributed by atoms with van der Waals surface area (Å²) < 4.78 is 0.930. The molecule has 1 aliphatic rings. The van der Waals surface area contributed by atoms with E-state index in [1.54, 1.807) is 12.4 Å². The molecule has 1 fully saturated rings. The molecule has 2 rings (SSSR count). The molecule has 4 heteroatoms. The van der Waals surface area contributed by atoms with Crippen molar-refractivity contribution in [2.75, 3.05) is 18.0 Å². The van der Waals surface area contributed by atoms with E-state index in [4.69, 9.17) is 0 Å². The Bertz CT molecular complexity index is 321. The van der Waals surface area contributed by atoms with E-state index in [1.165, 1.54) is 6.42 Å². The first-order chi connectivity index (χ1) is 6.57. The number of anilines is 1. The molecule has 0 unspecified atom stereocenters. The summed E-state index contributed by atoms with van der Waals surface area (Å²) in [4.78, 5) is 10.8. The molecule has 0 N–H and O–H groups in total. The van der Waals surface area contributed by atoms with Crippen LogP contribution in [-0.2, 0) is 0 Å². The lowest BCUT2D eigenvalue weighted by Crippen LogP contribution is -2.24. The second-order valence-corrected chi connectivity index (χ2v) is 5.45. The average molecular weight is 256 g/mol. The molecule has 0 saturated carbocycles. The summed E-state index contributed by atoms with van der Waals surface area (Å²) in [7, 11) is 0. The predicted octanol–water partition coefficient (Wildman–Crippen LogP) is 2.48. The van der Waals surface area contributed by atoms with Gasteiger partial charge in [0.15, 0.2) is 0 Å². The molecule has 1 aliphatic heterocycles. The minimum atomic E-state index is 0.399. The van der Waals surface area contributed by atoms with Gasteiger partial charge in [0.2, 0.25) is 5.95 Å². The van der Waals surface area contributed by atoms with Gasteiger partial charge in [0.25, 0.3) is 0 Å². The Morgan fingerprint density at radius 1 is 1.36 bits per heavy atom. The van der Waals surface area contributed by atoms with Gasteiger partial charge in [0.1, 0.15) is 0 Å². The molecule has 0 radical (unpaired) electrons. The van der Waals surface area contributed by atoms with Crippen molar-refractivity contribution in [2.45, 2.75) is 20.3 Å². The lowest BCUT2D eigenvalue weighted by molar-refractivity contribution is 0.418. The molecule has 0 atom stereocenters. The van der Waals surface area contributed by atoms with Gasteiger partial charge in [-0.1, -0.05) is 13.8 Å². The maximum Gasteiger partial charge on any atom is 0.225 e. The largest absolute Gasteiger partial charge is 0.340 e. The van der Waals surface area contributed by atoms with Crippen LogP contribution in [0.5, 0.6) is 0 Å². The SMILES string of the molecule is CC1(C)CCN(c2ncc(Br)cn2)C1. The lowest BCUT2D eigenvalue weighted by atomic mass is 9.93. The molecule has 0 aromatic carbocycles. The van der Waals surface area contributed by atoms with Crippen molar-refractivity contribution in [3.8, 4) is 0 Å². The van der Waals surface area contributed by atoms with Gasteiger partial charge in [-0.2, -0.15) is 0 Å². The summed E-state index contributed by atoms with van der Waals surface area (Å²) in [6, 6.07) is 0. The van der Waals surface area contributed by atoms with Gasteiger partial charge in [-0.15, -0.1) is 0 Å². The highest BCUT2D eigenvalue weighted by Gasteiger charge is 2.30. The van der Waals surface area contributed by atoms with Crippen molar-refractivity contribution in [1.29, 1.82) is 0 Å². The van der Waals surface area contributed by atoms with Crippen LogP contribution in [-0.4, -0.2) is 23.1 Å². The smallest absolute Gasteiger partial charge is 0.225 e. The van der Waals surface area contributed by atoms with Crippen LogP contribution in [0.2, 0.25) is 0 Å². The molecule has 1 aromatic heterocycles. The normalized spacial score (nSPS) is 20.1. The number of rotatable bonds is 1. The lowest BCUT2D eigenvalue weighted by Gasteiger charge is -2.19. The predicted molar refractivity (Wildman–Crippen MR) is 60.3 cm³/mol. The van der Waals surface area contributed by atoms with Crippen LogP contribution in [0.1, 0.15) is 20.3 Å². The first-order valence-corrected chi connectivity index (χ1v) is 5.59. The van der Waals surface area contributed by atoms with Gasteiger partial charge >= 0.3 is 0 Å². The monoisotopic (exact) mass is 255 g/mol. The van der Waals surface area contributed by atoms with E-state index in [0.717, 1.165) is 23.5 Å². The number of nitrogens with zero attached hydrogens (tertiary/aromatic N) is 3. The maximum atomic E-state index is 4.29. The Hall–Kier alpha value is -0.640. The zero-order chi connectivity index (χ0) is 10.2. The summed E-state index contributed by atoms with van der Waals surface area (Å²) in [6.45, 7) is 6.68. The van der Waals surface area contributed by atoms with Crippen LogP contribution < -0.4 is 4.90 Å². The third-order valence-electron chi connectivity index (χ3n) is 2.57. The molecular weight excluding hydrogens is 242 g/mol. The molecule has 2 heterocycles. The Balaban J connectivity index is 2.14. The number of aromatic nitrogens is 2. The second-order valence-electron chi connectivity index (χ2n) is 4.54. The Morgan fingerprint density at radius 2 is 2.00 bits per heavy atom. The highest BCUT2D eigenvalue weighted by atomic mass is 79.9. The van der Waals surface area contributed by atoms with E-state index in [-0.39, 0.29) is 0 Å². The first kappa shape index (κ1) is 9.90. The third-order valence-corrected chi connectivity index (χ3v) is 2.98. The molecule has 0 aliphatic carbocycles. The van der Waals surface area contributed by atoms with Gasteiger partial charge in [0, 0.05) is 25.5 Å². The highest BCUT2D eigenvalue weighted by Crippen LogP contribution is 2.30. The van der Waals surface area contributed by atoms with Crippen molar-refractivity contribution in [3.63, 3.8) is 0 Å². The average Bonchev–Trinajstić information content (AvgIpc) is 2.47. The van der Waals surface area contributed by atoms with E-state index < -0.39 is 0 Å². The quantitative estimate of drug-likeness (QED) is 0.772. The van der Waals surface area contributed by atoms with E-state index >= 15 is 0 Å². The van der Waals surface area contributed by atoms with Crippen LogP contribution in [0.4, 0.5) is 5.95 Å². The van der Waals surface area contributed by atoms with Crippen LogP contribution in [0.25, 0.3) is 0 Å². The van der Waals surface area contributed by atoms with Crippen LogP contribution in [0, 0.1) is 5.41 Å². The number of hydrogen-bond acceptors (Lipinski definition) is 3. The molecule has 0 spiro atoms. The van der Waals surface area contributed by atoms with Crippen LogP contribution in [0.15, 0.2) is 16.9 Å². The Morgan fingerprint density at radius 3 is 2.50 bits per heavy atom. The Kier molecular flexibility index (Phi) is 2.47. The van der Waals surface area contributed by atoms with Gasteiger partial charge in [0.05, 0.1) is 4.47 Å². The summed E-state index contributed by atoms with van der Waals surface area (Å²) in [5.41, 5.74) is 0.399.